The van der Waals surface area contributed by atoms with Gasteiger partial charge in [0.25, 0.3) is 0 Å². The van der Waals surface area contributed by atoms with Crippen molar-refractivity contribution in [3.05, 3.63) is 53.9 Å². The number of aryl methyl sites for hydroxylation is 1. The highest BCUT2D eigenvalue weighted by atomic mass is 16.6. The van der Waals surface area contributed by atoms with Gasteiger partial charge in [0.15, 0.2) is 0 Å². The molecule has 158 valence electrons. The van der Waals surface area contributed by atoms with Crippen LogP contribution in [-0.4, -0.2) is 40.8 Å². The molecule has 4 heterocycles. The van der Waals surface area contributed by atoms with Crippen LogP contribution in [0.15, 0.2) is 47.1 Å². The van der Waals surface area contributed by atoms with E-state index in [4.69, 9.17) is 9.26 Å². The molecular formula is C23H22N4O4. The first-order chi connectivity index (χ1) is 15.0. The van der Waals surface area contributed by atoms with Crippen LogP contribution in [0.4, 0.5) is 10.5 Å². The second-order valence-electron chi connectivity index (χ2n) is 7.81. The molecule has 8 nitrogen and oxygen atoms in total. The number of benzene rings is 1. The second-order valence-corrected chi connectivity index (χ2v) is 7.81. The Morgan fingerprint density at radius 2 is 2.03 bits per heavy atom. The number of rotatable bonds is 5. The van der Waals surface area contributed by atoms with Gasteiger partial charge >= 0.3 is 6.09 Å². The molecule has 1 saturated heterocycles. The number of nitrogens with zero attached hydrogens (tertiary/aromatic N) is 3. The molecule has 2 amide bonds. The number of pyridine rings is 1. The number of fused-ring (bicyclic) bond motifs is 3. The van der Waals surface area contributed by atoms with Crippen molar-refractivity contribution in [2.75, 3.05) is 11.4 Å². The molecule has 0 spiro atoms. The van der Waals surface area contributed by atoms with E-state index in [1.165, 1.54) is 6.92 Å². The van der Waals surface area contributed by atoms with Gasteiger partial charge in [0, 0.05) is 31.2 Å². The highest BCUT2D eigenvalue weighted by Crippen LogP contribution is 2.40. The fourth-order valence-corrected chi connectivity index (χ4v) is 4.19. The molecule has 2 aliphatic heterocycles. The normalized spacial score (nSPS) is 19.2. The Labute approximate surface area is 179 Å². The molecule has 2 aliphatic rings. The van der Waals surface area contributed by atoms with Gasteiger partial charge < -0.3 is 14.6 Å². The summed E-state index contributed by atoms with van der Waals surface area (Å²) in [6, 6.07) is 11.8. The number of nitrogens with one attached hydrogen (secondary N) is 1. The number of hydrogen-bond donors (Lipinski definition) is 1. The molecule has 0 aliphatic carbocycles. The number of amides is 2. The maximum Gasteiger partial charge on any atom is 0.415 e. The first-order valence-corrected chi connectivity index (χ1v) is 10.3. The van der Waals surface area contributed by atoms with Crippen molar-refractivity contribution in [3.63, 3.8) is 0 Å². The average Bonchev–Trinajstić information content (AvgIpc) is 3.47. The van der Waals surface area contributed by atoms with Gasteiger partial charge in [0.1, 0.15) is 17.6 Å². The van der Waals surface area contributed by atoms with Crippen molar-refractivity contribution in [1.82, 2.24) is 15.5 Å². The minimum absolute atomic E-state index is 0.106. The molecule has 5 rings (SSSR count). The van der Waals surface area contributed by atoms with Gasteiger partial charge in [-0.15, -0.1) is 0 Å². The first-order valence-electron chi connectivity index (χ1n) is 10.3. The first kappa shape index (κ1) is 19.3. The summed E-state index contributed by atoms with van der Waals surface area (Å²) in [4.78, 5) is 29.9. The lowest BCUT2D eigenvalue weighted by Crippen LogP contribution is -2.40. The van der Waals surface area contributed by atoms with E-state index in [1.807, 2.05) is 43.5 Å². The molecule has 2 aromatic heterocycles. The van der Waals surface area contributed by atoms with Crippen molar-refractivity contribution < 1.29 is 18.8 Å². The van der Waals surface area contributed by atoms with Crippen molar-refractivity contribution in [2.45, 2.75) is 38.8 Å². The summed E-state index contributed by atoms with van der Waals surface area (Å²) in [5.41, 5.74) is 5.44. The average molecular weight is 418 g/mol. The van der Waals surface area contributed by atoms with Gasteiger partial charge in [-0.2, -0.15) is 0 Å². The number of aromatic nitrogens is 2. The lowest BCUT2D eigenvalue weighted by atomic mass is 10.0. The summed E-state index contributed by atoms with van der Waals surface area (Å²) in [6.45, 7) is 3.78. The zero-order chi connectivity index (χ0) is 21.5. The molecule has 0 saturated carbocycles. The highest BCUT2D eigenvalue weighted by Gasteiger charge is 2.47. The van der Waals surface area contributed by atoms with Crippen molar-refractivity contribution in [3.8, 4) is 22.5 Å². The fraction of sp³-hybridized carbons (Fsp3) is 0.304. The van der Waals surface area contributed by atoms with Gasteiger partial charge in [0.05, 0.1) is 24.0 Å². The van der Waals surface area contributed by atoms with E-state index >= 15 is 0 Å². The largest absolute Gasteiger partial charge is 0.442 e. The Morgan fingerprint density at radius 1 is 1.19 bits per heavy atom. The Hall–Kier alpha value is -3.68. The molecule has 1 N–H and O–H groups in total. The van der Waals surface area contributed by atoms with Gasteiger partial charge in [-0.3, -0.25) is 14.7 Å². The Balaban J connectivity index is 1.37. The van der Waals surface area contributed by atoms with E-state index < -0.39 is 0 Å². The molecule has 0 unspecified atom stereocenters. The van der Waals surface area contributed by atoms with E-state index in [1.54, 1.807) is 4.90 Å². The summed E-state index contributed by atoms with van der Waals surface area (Å²) >= 11 is 0. The third kappa shape index (κ3) is 3.43. The van der Waals surface area contributed by atoms with Crippen molar-refractivity contribution in [1.29, 1.82) is 0 Å². The monoisotopic (exact) mass is 418 g/mol. The minimum Gasteiger partial charge on any atom is -0.442 e. The van der Waals surface area contributed by atoms with Gasteiger partial charge in [-0.1, -0.05) is 24.2 Å². The summed E-state index contributed by atoms with van der Waals surface area (Å²) in [5.74, 6) is 0.690. The van der Waals surface area contributed by atoms with Crippen LogP contribution in [0.3, 0.4) is 0 Å². The predicted octanol–water partition coefficient (Wildman–Crippen LogP) is 3.35. The van der Waals surface area contributed by atoms with Gasteiger partial charge in [-0.05, 0) is 35.7 Å². The van der Waals surface area contributed by atoms with Gasteiger partial charge in [0.2, 0.25) is 5.91 Å². The van der Waals surface area contributed by atoms with E-state index in [9.17, 15) is 9.59 Å². The quantitative estimate of drug-likeness (QED) is 0.682. The van der Waals surface area contributed by atoms with E-state index in [0.29, 0.717) is 13.0 Å². The number of anilines is 1. The maximum absolute atomic E-state index is 12.4. The van der Waals surface area contributed by atoms with E-state index in [0.717, 1.165) is 45.9 Å². The third-order valence-corrected chi connectivity index (χ3v) is 5.80. The zero-order valence-electron chi connectivity index (χ0n) is 17.3. The number of ether oxygens (including phenoxy) is 1. The summed E-state index contributed by atoms with van der Waals surface area (Å²) in [6.07, 6.45) is 2.57. The number of carbonyl (C=O) groups excluding carboxylic acids is 2. The summed E-state index contributed by atoms with van der Waals surface area (Å²) in [7, 11) is 0. The molecule has 1 aromatic carbocycles. The third-order valence-electron chi connectivity index (χ3n) is 5.80. The molecule has 8 heteroatoms. The SMILES string of the molecule is CCc1cc(-c2ccc(-c3ccc4c(c3)C[C@H]3[C@H](CNC(C)=O)OC(=O)N43)cn2)no1. The summed E-state index contributed by atoms with van der Waals surface area (Å²) in [5, 5.41) is 6.81. The lowest BCUT2D eigenvalue weighted by Gasteiger charge is -2.16. The zero-order valence-corrected chi connectivity index (χ0v) is 17.3. The maximum atomic E-state index is 12.4. The molecule has 2 atom stereocenters. The number of cyclic esters (lactones) is 1. The Kier molecular flexibility index (Phi) is 4.69. The molecular weight excluding hydrogens is 396 g/mol. The molecule has 0 bridgehead atoms. The molecule has 3 aromatic rings. The van der Waals surface area contributed by atoms with Crippen LogP contribution >= 0.6 is 0 Å². The van der Waals surface area contributed by atoms with Crippen LogP contribution in [-0.2, 0) is 22.4 Å². The van der Waals surface area contributed by atoms with Crippen LogP contribution in [0.25, 0.3) is 22.5 Å². The number of carbonyl (C=O) groups is 2. The van der Waals surface area contributed by atoms with E-state index in [-0.39, 0.29) is 24.1 Å². The number of hydrogen-bond acceptors (Lipinski definition) is 6. The van der Waals surface area contributed by atoms with Crippen LogP contribution in [0.2, 0.25) is 0 Å². The fourth-order valence-electron chi connectivity index (χ4n) is 4.19. The standard InChI is InChI=1S/C23H22N4O4/c1-3-17-10-19(26-31-17)18-6-4-15(11-25-18)14-5-7-20-16(8-14)9-21-22(12-24-13(2)28)30-23(29)27(20)21/h4-8,10-11,21-22H,3,9,12H2,1-2H3,(H,24,28)/t21-,22-/m0/s1. The lowest BCUT2D eigenvalue weighted by molar-refractivity contribution is -0.119. The minimum atomic E-state index is -0.364. The van der Waals surface area contributed by atoms with Crippen molar-refractivity contribution in [2.24, 2.45) is 0 Å². The van der Waals surface area contributed by atoms with Crippen molar-refractivity contribution >= 4 is 17.7 Å². The molecule has 0 radical (unpaired) electrons. The van der Waals surface area contributed by atoms with Gasteiger partial charge in [-0.25, -0.2) is 4.79 Å². The van der Waals surface area contributed by atoms with Crippen LogP contribution in [0.5, 0.6) is 0 Å². The van der Waals surface area contributed by atoms with Crippen LogP contribution in [0.1, 0.15) is 25.2 Å². The molecule has 31 heavy (non-hydrogen) atoms. The Bertz CT molecular complexity index is 1150. The topological polar surface area (TPSA) is 97.6 Å². The van der Waals surface area contributed by atoms with Crippen LogP contribution < -0.4 is 10.2 Å². The highest BCUT2D eigenvalue weighted by molar-refractivity contribution is 5.94. The Morgan fingerprint density at radius 3 is 2.74 bits per heavy atom. The smallest absolute Gasteiger partial charge is 0.415 e. The van der Waals surface area contributed by atoms with Crippen LogP contribution in [0, 0.1) is 0 Å². The van der Waals surface area contributed by atoms with E-state index in [2.05, 4.69) is 21.5 Å². The second kappa shape index (κ2) is 7.54. The predicted molar refractivity (Wildman–Crippen MR) is 113 cm³/mol. The molecule has 1 fully saturated rings. The summed E-state index contributed by atoms with van der Waals surface area (Å²) < 4.78 is 10.7.